The van der Waals surface area contributed by atoms with Gasteiger partial charge in [0.05, 0.1) is 11.3 Å². The van der Waals surface area contributed by atoms with Crippen LogP contribution in [0.5, 0.6) is 0 Å². The number of nitrogens with one attached hydrogen (secondary N) is 1. The molecule has 23 heavy (non-hydrogen) atoms. The second-order valence-electron chi connectivity index (χ2n) is 6.17. The summed E-state index contributed by atoms with van der Waals surface area (Å²) >= 11 is 0. The van der Waals surface area contributed by atoms with Gasteiger partial charge in [-0.05, 0) is 44.0 Å². The minimum atomic E-state index is -3.31. The summed E-state index contributed by atoms with van der Waals surface area (Å²) in [7, 11) is -1.40. The molecule has 2 aromatic rings. The van der Waals surface area contributed by atoms with E-state index < -0.39 is 10.0 Å². The molecule has 5 nitrogen and oxygen atoms in total. The van der Waals surface area contributed by atoms with Gasteiger partial charge in [0.15, 0.2) is 0 Å². The number of hydrogen-bond donors (Lipinski definition) is 1. The summed E-state index contributed by atoms with van der Waals surface area (Å²) in [5, 5.41) is 4.13. The van der Waals surface area contributed by atoms with Gasteiger partial charge in [0.25, 0.3) is 0 Å². The number of benzene rings is 1. The molecule has 1 saturated heterocycles. The van der Waals surface area contributed by atoms with Crippen LogP contribution in [0.2, 0.25) is 0 Å². The van der Waals surface area contributed by atoms with Crippen molar-refractivity contribution >= 4 is 20.9 Å². The summed E-state index contributed by atoms with van der Waals surface area (Å²) in [6.45, 7) is 2.10. The summed E-state index contributed by atoms with van der Waals surface area (Å²) < 4.78 is 27.3. The second kappa shape index (κ2) is 6.95. The van der Waals surface area contributed by atoms with E-state index in [9.17, 15) is 8.42 Å². The van der Waals surface area contributed by atoms with Crippen molar-refractivity contribution in [3.8, 4) is 0 Å². The number of aromatic nitrogens is 1. The van der Waals surface area contributed by atoms with Crippen LogP contribution in [0.4, 0.5) is 0 Å². The lowest BCUT2D eigenvalue weighted by molar-refractivity contribution is 0.263. The Labute approximate surface area is 137 Å². The number of hydrogen-bond acceptors (Lipinski definition) is 4. The molecule has 1 fully saturated rings. The molecule has 1 aliphatic rings. The minimum absolute atomic E-state index is 0.0215. The third-order valence-corrected chi connectivity index (χ3v) is 6.22. The van der Waals surface area contributed by atoms with Gasteiger partial charge in [0.1, 0.15) is 0 Å². The summed E-state index contributed by atoms with van der Waals surface area (Å²) in [6.07, 6.45) is 3.73. The van der Waals surface area contributed by atoms with Gasteiger partial charge in [-0.15, -0.1) is 0 Å². The highest BCUT2D eigenvalue weighted by molar-refractivity contribution is 7.88. The third kappa shape index (κ3) is 3.71. The fraction of sp³-hybridized carbons (Fsp3) is 0.471. The van der Waals surface area contributed by atoms with Gasteiger partial charge in [-0.25, -0.2) is 12.7 Å². The van der Waals surface area contributed by atoms with Crippen molar-refractivity contribution in [3.63, 3.8) is 0 Å². The highest BCUT2D eigenvalue weighted by Crippen LogP contribution is 2.23. The van der Waals surface area contributed by atoms with E-state index in [1.54, 1.807) is 10.5 Å². The molecule has 0 aliphatic carbocycles. The number of piperidine rings is 1. The lowest BCUT2D eigenvalue weighted by atomic mass is 10.00. The predicted molar refractivity (Wildman–Crippen MR) is 92.6 cm³/mol. The summed E-state index contributed by atoms with van der Waals surface area (Å²) in [6, 6.07) is 9.55. The number of pyridine rings is 1. The van der Waals surface area contributed by atoms with Crippen LogP contribution in [0.25, 0.3) is 10.9 Å². The Morgan fingerprint density at radius 2 is 2.13 bits per heavy atom. The Kier molecular flexibility index (Phi) is 4.94. The first kappa shape index (κ1) is 16.4. The zero-order chi connectivity index (χ0) is 16.3. The van der Waals surface area contributed by atoms with E-state index in [2.05, 4.69) is 10.3 Å². The van der Waals surface area contributed by atoms with Gasteiger partial charge >= 0.3 is 0 Å². The number of para-hydroxylation sites is 1. The summed E-state index contributed by atoms with van der Waals surface area (Å²) in [5.74, 6) is 0.419. The first-order chi connectivity index (χ1) is 11.1. The predicted octanol–water partition coefficient (Wildman–Crippen LogP) is 2.00. The summed E-state index contributed by atoms with van der Waals surface area (Å²) in [4.78, 5) is 4.36. The maximum absolute atomic E-state index is 12.8. The summed E-state index contributed by atoms with van der Waals surface area (Å²) in [5.41, 5.74) is 1.56. The van der Waals surface area contributed by atoms with Crippen LogP contribution in [0.15, 0.2) is 36.5 Å². The molecule has 1 aromatic carbocycles. The van der Waals surface area contributed by atoms with Crippen LogP contribution in [-0.2, 0) is 15.8 Å². The van der Waals surface area contributed by atoms with Gasteiger partial charge in [-0.1, -0.05) is 24.3 Å². The monoisotopic (exact) mass is 333 g/mol. The SMILES string of the molecule is CNCC1CCCN(S(=O)(=O)Cc2cccc3cccnc23)C1. The number of sulfonamides is 1. The topological polar surface area (TPSA) is 62.3 Å². The second-order valence-corrected chi connectivity index (χ2v) is 8.14. The van der Waals surface area contributed by atoms with Crippen LogP contribution in [0.1, 0.15) is 18.4 Å². The fourth-order valence-corrected chi connectivity index (χ4v) is 4.96. The standard InChI is InChI=1S/C17H23N3O2S/c1-18-11-14-5-4-10-20(12-14)23(21,22)13-16-7-2-6-15-8-3-9-19-17(15)16/h2-3,6-9,14,18H,4-5,10-13H2,1H3. The molecule has 124 valence electrons. The largest absolute Gasteiger partial charge is 0.319 e. The molecular weight excluding hydrogens is 310 g/mol. The molecule has 2 heterocycles. The van der Waals surface area contributed by atoms with E-state index in [-0.39, 0.29) is 5.75 Å². The molecule has 1 aliphatic heterocycles. The molecule has 1 N–H and O–H groups in total. The molecule has 0 spiro atoms. The minimum Gasteiger partial charge on any atom is -0.319 e. The Morgan fingerprint density at radius 3 is 2.96 bits per heavy atom. The molecule has 1 unspecified atom stereocenters. The van der Waals surface area contributed by atoms with Crippen LogP contribution in [-0.4, -0.2) is 44.4 Å². The highest BCUT2D eigenvalue weighted by atomic mass is 32.2. The van der Waals surface area contributed by atoms with Crippen LogP contribution in [0.3, 0.4) is 0 Å². The average molecular weight is 333 g/mol. The van der Waals surface area contributed by atoms with Gasteiger partial charge in [0.2, 0.25) is 10.0 Å². The molecular formula is C17H23N3O2S. The van der Waals surface area contributed by atoms with Crippen molar-refractivity contribution in [2.24, 2.45) is 5.92 Å². The smallest absolute Gasteiger partial charge is 0.218 e. The molecule has 3 rings (SSSR count). The Hall–Kier alpha value is -1.50. The van der Waals surface area contributed by atoms with Crippen molar-refractivity contribution in [1.82, 2.24) is 14.6 Å². The van der Waals surface area contributed by atoms with Crippen LogP contribution in [0, 0.1) is 5.92 Å². The molecule has 1 aromatic heterocycles. The number of nitrogens with zero attached hydrogens (tertiary/aromatic N) is 2. The quantitative estimate of drug-likeness (QED) is 0.909. The number of fused-ring (bicyclic) bond motifs is 1. The third-order valence-electron chi connectivity index (χ3n) is 4.42. The molecule has 0 amide bonds. The van der Waals surface area contributed by atoms with Crippen molar-refractivity contribution in [2.75, 3.05) is 26.7 Å². The van der Waals surface area contributed by atoms with Crippen molar-refractivity contribution in [2.45, 2.75) is 18.6 Å². The Bertz CT molecular complexity index is 769. The van der Waals surface area contributed by atoms with Crippen LogP contribution >= 0.6 is 0 Å². The Morgan fingerprint density at radius 1 is 1.30 bits per heavy atom. The maximum Gasteiger partial charge on any atom is 0.218 e. The normalized spacial score (nSPS) is 20.0. The molecule has 0 radical (unpaired) electrons. The molecule has 6 heteroatoms. The maximum atomic E-state index is 12.8. The molecule has 0 bridgehead atoms. The number of rotatable bonds is 5. The van der Waals surface area contributed by atoms with Crippen molar-refractivity contribution in [3.05, 3.63) is 42.1 Å². The fourth-order valence-electron chi connectivity index (χ4n) is 3.31. The van der Waals surface area contributed by atoms with E-state index in [1.165, 1.54) is 0 Å². The van der Waals surface area contributed by atoms with Gasteiger partial charge < -0.3 is 5.32 Å². The zero-order valence-electron chi connectivity index (χ0n) is 13.4. The highest BCUT2D eigenvalue weighted by Gasteiger charge is 2.29. The van der Waals surface area contributed by atoms with Gasteiger partial charge in [-0.3, -0.25) is 4.98 Å². The van der Waals surface area contributed by atoms with Crippen molar-refractivity contribution in [1.29, 1.82) is 0 Å². The first-order valence-corrected chi connectivity index (χ1v) is 9.66. The zero-order valence-corrected chi connectivity index (χ0v) is 14.2. The molecule has 0 saturated carbocycles. The molecule has 1 atom stereocenters. The first-order valence-electron chi connectivity index (χ1n) is 8.05. The Balaban J connectivity index is 1.82. The lowest BCUT2D eigenvalue weighted by Crippen LogP contribution is -2.42. The van der Waals surface area contributed by atoms with E-state index in [1.807, 2.05) is 37.4 Å². The van der Waals surface area contributed by atoms with Gasteiger partial charge in [0, 0.05) is 24.7 Å². The van der Waals surface area contributed by atoms with E-state index in [0.717, 1.165) is 35.9 Å². The van der Waals surface area contributed by atoms with E-state index in [0.29, 0.717) is 19.0 Å². The lowest BCUT2D eigenvalue weighted by Gasteiger charge is -2.32. The van der Waals surface area contributed by atoms with E-state index in [4.69, 9.17) is 0 Å². The van der Waals surface area contributed by atoms with Gasteiger partial charge in [-0.2, -0.15) is 0 Å². The van der Waals surface area contributed by atoms with Crippen molar-refractivity contribution < 1.29 is 8.42 Å². The van der Waals surface area contributed by atoms with E-state index >= 15 is 0 Å². The van der Waals surface area contributed by atoms with Crippen LogP contribution < -0.4 is 5.32 Å². The average Bonchev–Trinajstić information content (AvgIpc) is 2.56.